The zero-order valence-corrected chi connectivity index (χ0v) is 11.0. The number of nitrogens with two attached hydrogens (primary N) is 1. The number of hydrogen-bond donors (Lipinski definition) is 1. The molecule has 1 heterocycles. The van der Waals surface area contributed by atoms with Crippen LogP contribution in [-0.2, 0) is 0 Å². The van der Waals surface area contributed by atoms with Crippen molar-refractivity contribution in [2.24, 2.45) is 5.73 Å². The van der Waals surface area contributed by atoms with Gasteiger partial charge in [0.25, 0.3) is 0 Å². The SMILES string of the molecule is Cc1nc(N(CCCN)C2CCC2)sc1C. The van der Waals surface area contributed by atoms with Crippen molar-refractivity contribution in [3.05, 3.63) is 10.6 Å². The number of rotatable bonds is 5. The Labute approximate surface area is 102 Å². The second-order valence-electron chi connectivity index (χ2n) is 4.56. The second kappa shape index (κ2) is 5.15. The molecule has 2 N–H and O–H groups in total. The van der Waals surface area contributed by atoms with E-state index in [-0.39, 0.29) is 0 Å². The van der Waals surface area contributed by atoms with Gasteiger partial charge in [-0.15, -0.1) is 11.3 Å². The maximum atomic E-state index is 5.61. The molecule has 1 aromatic rings. The predicted molar refractivity (Wildman–Crippen MR) is 70.2 cm³/mol. The van der Waals surface area contributed by atoms with Crippen LogP contribution in [0.15, 0.2) is 0 Å². The Morgan fingerprint density at radius 2 is 2.19 bits per heavy atom. The van der Waals surface area contributed by atoms with E-state index in [9.17, 15) is 0 Å². The number of thiazole rings is 1. The molecule has 0 amide bonds. The van der Waals surface area contributed by atoms with Crippen molar-refractivity contribution in [3.8, 4) is 0 Å². The first-order valence-electron chi connectivity index (χ1n) is 6.13. The largest absolute Gasteiger partial charge is 0.345 e. The van der Waals surface area contributed by atoms with Gasteiger partial charge < -0.3 is 10.6 Å². The molecular weight excluding hydrogens is 218 g/mol. The van der Waals surface area contributed by atoms with Crippen molar-refractivity contribution in [1.29, 1.82) is 0 Å². The summed E-state index contributed by atoms with van der Waals surface area (Å²) in [7, 11) is 0. The summed E-state index contributed by atoms with van der Waals surface area (Å²) in [6.45, 7) is 6.08. The summed E-state index contributed by atoms with van der Waals surface area (Å²) in [5.74, 6) is 0. The van der Waals surface area contributed by atoms with Crippen molar-refractivity contribution in [3.63, 3.8) is 0 Å². The fourth-order valence-corrected chi connectivity index (χ4v) is 2.98. The summed E-state index contributed by atoms with van der Waals surface area (Å²) in [4.78, 5) is 8.48. The lowest BCUT2D eigenvalue weighted by Gasteiger charge is -2.37. The molecule has 0 saturated heterocycles. The van der Waals surface area contributed by atoms with Crippen LogP contribution >= 0.6 is 11.3 Å². The fourth-order valence-electron chi connectivity index (χ4n) is 1.97. The van der Waals surface area contributed by atoms with Crippen LogP contribution in [0.25, 0.3) is 0 Å². The highest BCUT2D eigenvalue weighted by Gasteiger charge is 2.26. The van der Waals surface area contributed by atoms with E-state index < -0.39 is 0 Å². The van der Waals surface area contributed by atoms with E-state index >= 15 is 0 Å². The lowest BCUT2D eigenvalue weighted by Crippen LogP contribution is -2.41. The van der Waals surface area contributed by atoms with E-state index in [1.54, 1.807) is 0 Å². The molecule has 0 bridgehead atoms. The Balaban J connectivity index is 2.10. The van der Waals surface area contributed by atoms with E-state index in [0.717, 1.165) is 25.6 Å². The van der Waals surface area contributed by atoms with Crippen LogP contribution in [0.4, 0.5) is 5.13 Å². The third kappa shape index (κ3) is 2.38. The first-order chi connectivity index (χ1) is 7.72. The van der Waals surface area contributed by atoms with Gasteiger partial charge in [-0.2, -0.15) is 0 Å². The van der Waals surface area contributed by atoms with Crippen LogP contribution < -0.4 is 10.6 Å². The van der Waals surface area contributed by atoms with Crippen molar-refractivity contribution >= 4 is 16.5 Å². The molecule has 0 atom stereocenters. The van der Waals surface area contributed by atoms with Gasteiger partial charge in [0.05, 0.1) is 5.69 Å². The van der Waals surface area contributed by atoms with Crippen molar-refractivity contribution in [1.82, 2.24) is 4.98 Å². The van der Waals surface area contributed by atoms with Crippen molar-refractivity contribution in [2.75, 3.05) is 18.0 Å². The average Bonchev–Trinajstić information content (AvgIpc) is 2.50. The van der Waals surface area contributed by atoms with Gasteiger partial charge in [0.2, 0.25) is 0 Å². The molecule has 1 aliphatic carbocycles. The molecule has 16 heavy (non-hydrogen) atoms. The van der Waals surface area contributed by atoms with Gasteiger partial charge in [0.15, 0.2) is 5.13 Å². The third-order valence-electron chi connectivity index (χ3n) is 3.38. The van der Waals surface area contributed by atoms with Gasteiger partial charge in [0.1, 0.15) is 0 Å². The first-order valence-corrected chi connectivity index (χ1v) is 6.94. The Kier molecular flexibility index (Phi) is 3.82. The maximum absolute atomic E-state index is 5.61. The van der Waals surface area contributed by atoms with Gasteiger partial charge >= 0.3 is 0 Å². The van der Waals surface area contributed by atoms with E-state index in [1.165, 1.54) is 35.0 Å². The molecule has 1 aliphatic rings. The number of anilines is 1. The molecule has 0 unspecified atom stereocenters. The van der Waals surface area contributed by atoms with Gasteiger partial charge in [-0.1, -0.05) is 0 Å². The number of aryl methyl sites for hydroxylation is 2. The molecular formula is C12H21N3S. The smallest absolute Gasteiger partial charge is 0.186 e. The highest BCUT2D eigenvalue weighted by molar-refractivity contribution is 7.15. The van der Waals surface area contributed by atoms with Crippen molar-refractivity contribution < 1.29 is 0 Å². The fraction of sp³-hybridized carbons (Fsp3) is 0.750. The summed E-state index contributed by atoms with van der Waals surface area (Å²) in [6, 6.07) is 0.719. The van der Waals surface area contributed by atoms with Gasteiger partial charge in [-0.25, -0.2) is 4.98 Å². The minimum Gasteiger partial charge on any atom is -0.345 e. The van der Waals surface area contributed by atoms with Crippen LogP contribution in [0.1, 0.15) is 36.3 Å². The summed E-state index contributed by atoms with van der Waals surface area (Å²) < 4.78 is 0. The van der Waals surface area contributed by atoms with Crippen LogP contribution in [0.3, 0.4) is 0 Å². The molecule has 3 nitrogen and oxygen atoms in total. The number of nitrogens with zero attached hydrogens (tertiary/aromatic N) is 2. The summed E-state index contributed by atoms with van der Waals surface area (Å²) in [6.07, 6.45) is 5.08. The lowest BCUT2D eigenvalue weighted by molar-refractivity contribution is 0.384. The molecule has 2 rings (SSSR count). The third-order valence-corrected chi connectivity index (χ3v) is 4.49. The monoisotopic (exact) mass is 239 g/mol. The summed E-state index contributed by atoms with van der Waals surface area (Å²) >= 11 is 1.82. The summed E-state index contributed by atoms with van der Waals surface area (Å²) in [5, 5.41) is 1.20. The quantitative estimate of drug-likeness (QED) is 0.858. The topological polar surface area (TPSA) is 42.2 Å². The van der Waals surface area contributed by atoms with Crippen LogP contribution in [0.2, 0.25) is 0 Å². The molecule has 1 fully saturated rings. The van der Waals surface area contributed by atoms with Crippen molar-refractivity contribution in [2.45, 2.75) is 45.6 Å². The molecule has 4 heteroatoms. The highest BCUT2D eigenvalue weighted by Crippen LogP contribution is 2.33. The van der Waals surface area contributed by atoms with E-state index in [1.807, 2.05) is 11.3 Å². The van der Waals surface area contributed by atoms with Gasteiger partial charge in [-0.05, 0) is 46.1 Å². The first kappa shape index (κ1) is 11.9. The number of aromatic nitrogens is 1. The van der Waals surface area contributed by atoms with Crippen LogP contribution in [0, 0.1) is 13.8 Å². The molecule has 0 aromatic carbocycles. The maximum Gasteiger partial charge on any atom is 0.186 e. The molecule has 0 radical (unpaired) electrons. The standard InChI is InChI=1S/C12H21N3S/c1-9-10(2)16-12(14-9)15(8-4-7-13)11-5-3-6-11/h11H,3-8,13H2,1-2H3. The predicted octanol–water partition coefficient (Wildman–Crippen LogP) is 2.47. The molecule has 0 spiro atoms. The zero-order chi connectivity index (χ0) is 11.5. The van der Waals surface area contributed by atoms with E-state index in [2.05, 4.69) is 23.7 Å². The molecule has 0 aliphatic heterocycles. The van der Waals surface area contributed by atoms with Gasteiger partial charge in [0, 0.05) is 17.5 Å². The minimum absolute atomic E-state index is 0.719. The molecule has 90 valence electrons. The highest BCUT2D eigenvalue weighted by atomic mass is 32.1. The lowest BCUT2D eigenvalue weighted by atomic mass is 9.92. The Morgan fingerprint density at radius 3 is 2.62 bits per heavy atom. The molecule has 1 saturated carbocycles. The van der Waals surface area contributed by atoms with E-state index in [0.29, 0.717) is 0 Å². The average molecular weight is 239 g/mol. The van der Waals surface area contributed by atoms with Crippen LogP contribution in [-0.4, -0.2) is 24.1 Å². The Hall–Kier alpha value is -0.610. The Bertz CT molecular complexity index is 325. The zero-order valence-electron chi connectivity index (χ0n) is 10.2. The van der Waals surface area contributed by atoms with Crippen LogP contribution in [0.5, 0.6) is 0 Å². The summed E-state index contributed by atoms with van der Waals surface area (Å²) in [5.41, 5.74) is 6.78. The Morgan fingerprint density at radius 1 is 1.44 bits per heavy atom. The normalized spacial score (nSPS) is 16.2. The van der Waals surface area contributed by atoms with Gasteiger partial charge in [-0.3, -0.25) is 0 Å². The second-order valence-corrected chi connectivity index (χ2v) is 5.74. The minimum atomic E-state index is 0.719. The number of hydrogen-bond acceptors (Lipinski definition) is 4. The van der Waals surface area contributed by atoms with E-state index in [4.69, 9.17) is 5.73 Å². The molecule has 1 aromatic heterocycles.